The van der Waals surface area contributed by atoms with Crippen LogP contribution in [0.1, 0.15) is 69.3 Å². The number of Topliss-reactive ketones (excluding diaryl/α,β-unsaturated/α-hetero) is 1. The van der Waals surface area contributed by atoms with Gasteiger partial charge in [0.2, 0.25) is 5.91 Å². The molecule has 2 aromatic rings. The molecule has 34 heavy (non-hydrogen) atoms. The first-order valence-electron chi connectivity index (χ1n) is 12.3. The molecule has 8 nitrogen and oxygen atoms in total. The third kappa shape index (κ3) is 3.91. The van der Waals surface area contributed by atoms with Crippen LogP contribution < -0.4 is 5.73 Å². The number of nitrogens with two attached hydrogens (primary N) is 1. The molecule has 1 saturated heterocycles. The zero-order valence-corrected chi connectivity index (χ0v) is 20.0. The Morgan fingerprint density at radius 3 is 2.65 bits per heavy atom. The number of aliphatic hydroxyl groups excluding tert-OH is 1. The number of likely N-dealkylation sites (tertiary alicyclic amines) is 1. The number of rotatable bonds is 7. The first-order chi connectivity index (χ1) is 16.1. The van der Waals surface area contributed by atoms with Crippen LogP contribution >= 0.6 is 0 Å². The number of hydrogen-bond donors (Lipinski definition) is 2. The maximum atomic E-state index is 13.6. The van der Waals surface area contributed by atoms with Crippen molar-refractivity contribution in [1.29, 1.82) is 0 Å². The van der Waals surface area contributed by atoms with Gasteiger partial charge in [0.15, 0.2) is 11.5 Å². The Kier molecular flexibility index (Phi) is 5.54. The van der Waals surface area contributed by atoms with Gasteiger partial charge in [0, 0.05) is 23.3 Å². The minimum Gasteiger partial charge on any atom is -0.396 e. The van der Waals surface area contributed by atoms with Crippen LogP contribution in [-0.4, -0.2) is 56.1 Å². The number of aromatic nitrogens is 2. The summed E-state index contributed by atoms with van der Waals surface area (Å²) in [6.45, 7) is 4.43. The van der Waals surface area contributed by atoms with Crippen molar-refractivity contribution in [1.82, 2.24) is 14.7 Å². The number of primary amides is 1. The van der Waals surface area contributed by atoms with E-state index in [4.69, 9.17) is 5.73 Å². The largest absolute Gasteiger partial charge is 0.396 e. The Labute approximate surface area is 199 Å². The van der Waals surface area contributed by atoms with E-state index in [-0.39, 0.29) is 47.4 Å². The van der Waals surface area contributed by atoms with Gasteiger partial charge in [-0.3, -0.25) is 19.1 Å². The van der Waals surface area contributed by atoms with E-state index < -0.39 is 11.9 Å². The first-order valence-corrected chi connectivity index (χ1v) is 12.3. The molecule has 2 aliphatic carbocycles. The maximum Gasteiger partial charge on any atom is 0.269 e. The van der Waals surface area contributed by atoms with Gasteiger partial charge in [-0.25, -0.2) is 0 Å². The molecule has 0 radical (unpaired) electrons. The summed E-state index contributed by atoms with van der Waals surface area (Å²) >= 11 is 0. The molecule has 2 saturated carbocycles. The molecule has 3 aliphatic rings. The Morgan fingerprint density at radius 1 is 1.18 bits per heavy atom. The number of aliphatic hydroxyl groups is 1. The molecule has 4 atom stereocenters. The summed E-state index contributed by atoms with van der Waals surface area (Å²) in [7, 11) is 0. The predicted molar refractivity (Wildman–Crippen MR) is 127 cm³/mol. The molecule has 2 heterocycles. The SMILES string of the molecule is CC1(C)CCCC(CC(=O)[C@@H]2C[C@@]3(CO)C[C@H]3N2C(=O)Cn2nc(C(N)=O)c3ccccc32)C1. The molecule has 3 fully saturated rings. The molecule has 182 valence electrons. The van der Waals surface area contributed by atoms with Crippen LogP contribution in [0.2, 0.25) is 0 Å². The van der Waals surface area contributed by atoms with Gasteiger partial charge in [0.25, 0.3) is 5.91 Å². The molecule has 0 bridgehead atoms. The standard InChI is InChI=1S/C26H34N4O4/c1-25(2)9-5-6-16(11-25)10-20(32)19-12-26(15-31)13-21(26)30(19)22(33)14-29-18-8-4-3-7-17(18)23(28-29)24(27)34/h3-4,7-8,16,19,21,31H,5-6,9-15H2,1-2H3,(H2,27,34)/t16?,19-,21+,26-/m0/s1. The Hall–Kier alpha value is -2.74. The van der Waals surface area contributed by atoms with Crippen molar-refractivity contribution in [2.45, 2.75) is 77.4 Å². The van der Waals surface area contributed by atoms with Crippen molar-refractivity contribution >= 4 is 28.5 Å². The highest BCUT2D eigenvalue weighted by Crippen LogP contribution is 2.59. The third-order valence-corrected chi connectivity index (χ3v) is 8.37. The summed E-state index contributed by atoms with van der Waals surface area (Å²) in [6, 6.07) is 6.56. The van der Waals surface area contributed by atoms with Crippen LogP contribution in [0.5, 0.6) is 0 Å². The maximum absolute atomic E-state index is 13.6. The van der Waals surface area contributed by atoms with Gasteiger partial charge in [-0.2, -0.15) is 5.10 Å². The number of hydrogen-bond acceptors (Lipinski definition) is 5. The van der Waals surface area contributed by atoms with Crippen LogP contribution in [0.15, 0.2) is 24.3 Å². The highest BCUT2D eigenvalue weighted by molar-refractivity contribution is 6.04. The van der Waals surface area contributed by atoms with Crippen molar-refractivity contribution in [3.63, 3.8) is 0 Å². The monoisotopic (exact) mass is 466 g/mol. The number of nitrogens with zero attached hydrogens (tertiary/aromatic N) is 3. The lowest BCUT2D eigenvalue weighted by Crippen LogP contribution is -2.45. The number of amides is 2. The molecular weight excluding hydrogens is 432 g/mol. The second-order valence-corrected chi connectivity index (χ2v) is 11.4. The van der Waals surface area contributed by atoms with Crippen molar-refractivity contribution in [3.05, 3.63) is 30.0 Å². The fourth-order valence-electron chi connectivity index (χ4n) is 6.58. The molecule has 1 aromatic carbocycles. The van der Waals surface area contributed by atoms with E-state index >= 15 is 0 Å². The van der Waals surface area contributed by atoms with Gasteiger partial charge in [-0.05, 0) is 49.5 Å². The lowest BCUT2D eigenvalue weighted by molar-refractivity contribution is -0.140. The minimum absolute atomic E-state index is 0.0157. The molecule has 1 aliphatic heterocycles. The summed E-state index contributed by atoms with van der Waals surface area (Å²) in [5.74, 6) is -0.388. The highest BCUT2D eigenvalue weighted by atomic mass is 16.3. The molecule has 1 aromatic heterocycles. The number of benzene rings is 1. The van der Waals surface area contributed by atoms with E-state index in [1.807, 2.05) is 6.07 Å². The summed E-state index contributed by atoms with van der Waals surface area (Å²) in [4.78, 5) is 40.6. The lowest BCUT2D eigenvalue weighted by Gasteiger charge is -2.36. The first kappa shape index (κ1) is 23.0. The summed E-state index contributed by atoms with van der Waals surface area (Å²) < 4.78 is 1.50. The third-order valence-electron chi connectivity index (χ3n) is 8.37. The number of ketones is 1. The van der Waals surface area contributed by atoms with Gasteiger partial charge < -0.3 is 15.7 Å². The normalized spacial score (nSPS) is 29.7. The van der Waals surface area contributed by atoms with Crippen LogP contribution in [0.4, 0.5) is 0 Å². The van der Waals surface area contributed by atoms with E-state index in [0.29, 0.717) is 29.7 Å². The van der Waals surface area contributed by atoms with Crippen LogP contribution in [-0.2, 0) is 16.1 Å². The lowest BCUT2D eigenvalue weighted by atomic mass is 9.70. The zero-order valence-electron chi connectivity index (χ0n) is 20.0. The van der Waals surface area contributed by atoms with E-state index in [2.05, 4.69) is 18.9 Å². The van der Waals surface area contributed by atoms with Gasteiger partial charge in [-0.15, -0.1) is 0 Å². The number of piperidine rings is 1. The van der Waals surface area contributed by atoms with Crippen molar-refractivity contribution in [3.8, 4) is 0 Å². The molecule has 3 N–H and O–H groups in total. The van der Waals surface area contributed by atoms with Gasteiger partial charge in [0.1, 0.15) is 6.54 Å². The topological polar surface area (TPSA) is 119 Å². The number of fused-ring (bicyclic) bond motifs is 2. The molecule has 2 amide bonds. The predicted octanol–water partition coefficient (Wildman–Crippen LogP) is 2.66. The van der Waals surface area contributed by atoms with Crippen LogP contribution in [0.3, 0.4) is 0 Å². The molecule has 5 rings (SSSR count). The average molecular weight is 467 g/mol. The zero-order chi connectivity index (χ0) is 24.3. The average Bonchev–Trinajstić information content (AvgIpc) is 3.21. The van der Waals surface area contributed by atoms with E-state index in [0.717, 1.165) is 25.7 Å². The van der Waals surface area contributed by atoms with Crippen molar-refractivity contribution in [2.24, 2.45) is 22.5 Å². The van der Waals surface area contributed by atoms with Gasteiger partial charge in [-0.1, -0.05) is 38.5 Å². The van der Waals surface area contributed by atoms with E-state index in [9.17, 15) is 19.5 Å². The minimum atomic E-state index is -0.645. The summed E-state index contributed by atoms with van der Waals surface area (Å²) in [6.07, 6.45) is 6.15. The van der Waals surface area contributed by atoms with Gasteiger partial charge in [0.05, 0.1) is 18.2 Å². The molecule has 8 heteroatoms. The highest BCUT2D eigenvalue weighted by Gasteiger charge is 2.66. The van der Waals surface area contributed by atoms with Crippen LogP contribution in [0.25, 0.3) is 10.9 Å². The van der Waals surface area contributed by atoms with E-state index in [1.54, 1.807) is 23.1 Å². The quantitative estimate of drug-likeness (QED) is 0.650. The fourth-order valence-corrected chi connectivity index (χ4v) is 6.58. The summed E-state index contributed by atoms with van der Waals surface area (Å²) in [5, 5.41) is 15.0. The molecular formula is C26H34N4O4. The van der Waals surface area contributed by atoms with E-state index in [1.165, 1.54) is 11.1 Å². The molecule has 0 spiro atoms. The van der Waals surface area contributed by atoms with Crippen molar-refractivity contribution < 1.29 is 19.5 Å². The second kappa shape index (κ2) is 8.18. The molecule has 1 unspecified atom stereocenters. The second-order valence-electron chi connectivity index (χ2n) is 11.4. The van der Waals surface area contributed by atoms with Crippen LogP contribution in [0, 0.1) is 16.7 Å². The van der Waals surface area contributed by atoms with Gasteiger partial charge >= 0.3 is 0 Å². The number of carbonyl (C=O) groups is 3. The smallest absolute Gasteiger partial charge is 0.269 e. The fraction of sp³-hybridized carbons (Fsp3) is 0.615. The number of para-hydroxylation sites is 1. The van der Waals surface area contributed by atoms with Crippen molar-refractivity contribution in [2.75, 3.05) is 6.61 Å². The Bertz CT molecular complexity index is 1150. The summed E-state index contributed by atoms with van der Waals surface area (Å²) in [5.41, 5.74) is 6.18. The Morgan fingerprint density at radius 2 is 1.94 bits per heavy atom. The Balaban J connectivity index is 1.37. The number of carbonyl (C=O) groups excluding carboxylic acids is 3.